The first kappa shape index (κ1) is 9.16. The Morgan fingerprint density at radius 3 is 3.13 bits per heavy atom. The molecule has 2 unspecified atom stereocenters. The summed E-state index contributed by atoms with van der Waals surface area (Å²) in [5, 5.41) is 3.47. The first-order valence-corrected chi connectivity index (χ1v) is 5.74. The number of pyridine rings is 1. The van der Waals surface area contributed by atoms with Gasteiger partial charge in [-0.3, -0.25) is 4.98 Å². The Balaban J connectivity index is 1.76. The molecule has 0 amide bonds. The minimum Gasteiger partial charge on any atom is -0.365 e. The number of anilines is 1. The minimum atomic E-state index is 0.711. The highest BCUT2D eigenvalue weighted by Crippen LogP contribution is 2.33. The topological polar surface area (TPSA) is 28.2 Å². The summed E-state index contributed by atoms with van der Waals surface area (Å²) in [7, 11) is 0. The van der Waals surface area contributed by atoms with E-state index in [1.165, 1.54) is 25.2 Å². The van der Waals surface area contributed by atoms with Crippen LogP contribution in [0.2, 0.25) is 0 Å². The molecule has 2 aliphatic rings. The van der Waals surface area contributed by atoms with Crippen molar-refractivity contribution in [3.8, 4) is 0 Å². The lowest BCUT2D eigenvalue weighted by Crippen LogP contribution is -2.63. The van der Waals surface area contributed by atoms with Crippen LogP contribution in [0.1, 0.15) is 12.1 Å². The first-order valence-electron chi connectivity index (χ1n) is 5.74. The molecule has 80 valence electrons. The van der Waals surface area contributed by atoms with E-state index in [0.29, 0.717) is 6.04 Å². The molecule has 1 aromatic rings. The van der Waals surface area contributed by atoms with Gasteiger partial charge in [0.2, 0.25) is 0 Å². The average Bonchev–Trinajstić information content (AvgIpc) is 2.23. The summed E-state index contributed by atoms with van der Waals surface area (Å²) >= 11 is 0. The Morgan fingerprint density at radius 2 is 2.40 bits per heavy atom. The van der Waals surface area contributed by atoms with Gasteiger partial charge in [0.1, 0.15) is 0 Å². The molecule has 0 spiro atoms. The van der Waals surface area contributed by atoms with Crippen molar-refractivity contribution in [2.24, 2.45) is 5.92 Å². The first-order chi connectivity index (χ1) is 7.34. The molecular formula is C12H17N3. The molecule has 2 aliphatic heterocycles. The van der Waals surface area contributed by atoms with Crippen molar-refractivity contribution in [3.63, 3.8) is 0 Å². The van der Waals surface area contributed by atoms with E-state index in [9.17, 15) is 0 Å². The summed E-state index contributed by atoms with van der Waals surface area (Å²) in [4.78, 5) is 6.83. The van der Waals surface area contributed by atoms with Crippen LogP contribution in [-0.2, 0) is 0 Å². The number of hydrogen-bond donors (Lipinski definition) is 1. The van der Waals surface area contributed by atoms with Crippen LogP contribution in [0, 0.1) is 12.8 Å². The molecule has 0 aromatic carbocycles. The number of piperidine rings is 1. The van der Waals surface area contributed by atoms with Gasteiger partial charge < -0.3 is 10.2 Å². The van der Waals surface area contributed by atoms with Crippen molar-refractivity contribution in [2.75, 3.05) is 24.5 Å². The van der Waals surface area contributed by atoms with Crippen molar-refractivity contribution in [2.45, 2.75) is 19.4 Å². The quantitative estimate of drug-likeness (QED) is 0.743. The summed E-state index contributed by atoms with van der Waals surface area (Å²) in [5.41, 5.74) is 2.38. The fourth-order valence-corrected chi connectivity index (χ4v) is 2.65. The maximum atomic E-state index is 4.36. The van der Waals surface area contributed by atoms with Gasteiger partial charge >= 0.3 is 0 Å². The van der Waals surface area contributed by atoms with Gasteiger partial charge in [0.25, 0.3) is 0 Å². The number of hydrogen-bond acceptors (Lipinski definition) is 3. The Morgan fingerprint density at radius 1 is 1.47 bits per heavy atom. The Labute approximate surface area is 90.5 Å². The number of nitrogens with zero attached hydrogens (tertiary/aromatic N) is 2. The van der Waals surface area contributed by atoms with E-state index < -0.39 is 0 Å². The highest BCUT2D eigenvalue weighted by Gasteiger charge is 2.40. The SMILES string of the molecule is Cc1ccc(N2CC3CCNCC32)cn1. The predicted molar refractivity (Wildman–Crippen MR) is 61.1 cm³/mol. The summed E-state index contributed by atoms with van der Waals surface area (Å²) in [6.07, 6.45) is 3.33. The molecule has 0 aliphatic carbocycles. The zero-order valence-electron chi connectivity index (χ0n) is 9.11. The predicted octanol–water partition coefficient (Wildman–Crippen LogP) is 1.19. The molecule has 15 heavy (non-hydrogen) atoms. The van der Waals surface area contributed by atoms with Crippen LogP contribution in [0.3, 0.4) is 0 Å². The summed E-state index contributed by atoms with van der Waals surface area (Å²) in [6, 6.07) is 5.00. The Hall–Kier alpha value is -1.09. The summed E-state index contributed by atoms with van der Waals surface area (Å²) < 4.78 is 0. The van der Waals surface area contributed by atoms with Crippen molar-refractivity contribution in [1.29, 1.82) is 0 Å². The van der Waals surface area contributed by atoms with E-state index in [1.807, 2.05) is 13.1 Å². The molecule has 2 atom stereocenters. The van der Waals surface area contributed by atoms with Crippen LogP contribution in [0.5, 0.6) is 0 Å². The fraction of sp³-hybridized carbons (Fsp3) is 0.583. The summed E-state index contributed by atoms with van der Waals surface area (Å²) in [5.74, 6) is 0.910. The van der Waals surface area contributed by atoms with Gasteiger partial charge in [-0.05, 0) is 37.9 Å². The molecule has 1 N–H and O–H groups in total. The van der Waals surface area contributed by atoms with Gasteiger partial charge in [-0.25, -0.2) is 0 Å². The van der Waals surface area contributed by atoms with Gasteiger partial charge in [-0.1, -0.05) is 0 Å². The molecule has 3 heteroatoms. The van der Waals surface area contributed by atoms with Crippen molar-refractivity contribution in [1.82, 2.24) is 10.3 Å². The van der Waals surface area contributed by atoms with Gasteiger partial charge in [-0.15, -0.1) is 0 Å². The van der Waals surface area contributed by atoms with Crippen molar-refractivity contribution in [3.05, 3.63) is 24.0 Å². The molecule has 0 saturated carbocycles. The largest absolute Gasteiger partial charge is 0.365 e. The molecule has 3 rings (SSSR count). The lowest BCUT2D eigenvalue weighted by atomic mass is 9.83. The van der Waals surface area contributed by atoms with Crippen LogP contribution >= 0.6 is 0 Å². The number of nitrogens with one attached hydrogen (secondary N) is 1. The second-order valence-electron chi connectivity index (χ2n) is 4.63. The normalized spacial score (nSPS) is 29.5. The minimum absolute atomic E-state index is 0.711. The number of rotatable bonds is 1. The van der Waals surface area contributed by atoms with Crippen molar-refractivity contribution < 1.29 is 0 Å². The molecule has 3 nitrogen and oxygen atoms in total. The highest BCUT2D eigenvalue weighted by molar-refractivity contribution is 5.49. The third-order valence-electron chi connectivity index (χ3n) is 3.65. The molecule has 0 radical (unpaired) electrons. The average molecular weight is 203 g/mol. The van der Waals surface area contributed by atoms with Crippen LogP contribution in [0.25, 0.3) is 0 Å². The van der Waals surface area contributed by atoms with Crippen LogP contribution < -0.4 is 10.2 Å². The Kier molecular flexibility index (Phi) is 2.13. The maximum absolute atomic E-state index is 4.36. The zero-order chi connectivity index (χ0) is 10.3. The van der Waals surface area contributed by atoms with E-state index in [4.69, 9.17) is 0 Å². The highest BCUT2D eigenvalue weighted by atomic mass is 15.3. The molecule has 2 fully saturated rings. The van der Waals surface area contributed by atoms with Crippen molar-refractivity contribution >= 4 is 5.69 Å². The Bertz CT molecular complexity index is 346. The van der Waals surface area contributed by atoms with E-state index in [1.54, 1.807) is 0 Å². The molecule has 2 saturated heterocycles. The van der Waals surface area contributed by atoms with E-state index >= 15 is 0 Å². The second kappa shape index (κ2) is 3.49. The monoisotopic (exact) mass is 203 g/mol. The summed E-state index contributed by atoms with van der Waals surface area (Å²) in [6.45, 7) is 5.58. The lowest BCUT2D eigenvalue weighted by Gasteiger charge is -2.52. The lowest BCUT2D eigenvalue weighted by molar-refractivity contribution is 0.229. The van der Waals surface area contributed by atoms with Gasteiger partial charge in [-0.2, -0.15) is 0 Å². The van der Waals surface area contributed by atoms with E-state index in [-0.39, 0.29) is 0 Å². The van der Waals surface area contributed by atoms with Gasteiger partial charge in [0.15, 0.2) is 0 Å². The third kappa shape index (κ3) is 1.51. The number of aryl methyl sites for hydroxylation is 1. The van der Waals surface area contributed by atoms with Crippen LogP contribution in [-0.4, -0.2) is 30.7 Å². The van der Waals surface area contributed by atoms with E-state index in [2.05, 4.69) is 27.3 Å². The molecule has 3 heterocycles. The standard InChI is InChI=1S/C12H17N3/c1-9-2-3-11(6-14-9)15-8-10-4-5-13-7-12(10)15/h2-3,6,10,12-13H,4-5,7-8H2,1H3. The molecule has 1 aromatic heterocycles. The fourth-order valence-electron chi connectivity index (χ4n) is 2.65. The van der Waals surface area contributed by atoms with Gasteiger partial charge in [0.05, 0.1) is 11.9 Å². The smallest absolute Gasteiger partial charge is 0.0556 e. The number of aromatic nitrogens is 1. The van der Waals surface area contributed by atoms with Crippen LogP contribution in [0.15, 0.2) is 18.3 Å². The van der Waals surface area contributed by atoms with Gasteiger partial charge in [0, 0.05) is 24.8 Å². The second-order valence-corrected chi connectivity index (χ2v) is 4.63. The molecular weight excluding hydrogens is 186 g/mol. The third-order valence-corrected chi connectivity index (χ3v) is 3.65. The van der Waals surface area contributed by atoms with E-state index in [0.717, 1.165) is 18.2 Å². The van der Waals surface area contributed by atoms with Crippen LogP contribution in [0.4, 0.5) is 5.69 Å². The maximum Gasteiger partial charge on any atom is 0.0556 e. The zero-order valence-corrected chi connectivity index (χ0v) is 9.11. The number of fused-ring (bicyclic) bond motifs is 1. The molecule has 0 bridgehead atoms.